The Morgan fingerprint density at radius 2 is 1.86 bits per heavy atom. The number of amides is 1. The molecule has 11 heteroatoms. The van der Waals surface area contributed by atoms with Crippen LogP contribution in [0.15, 0.2) is 60.9 Å². The number of primary amides is 1. The van der Waals surface area contributed by atoms with E-state index >= 15 is 0 Å². The Morgan fingerprint density at radius 3 is 2.67 bits per heavy atom. The van der Waals surface area contributed by atoms with Gasteiger partial charge in [-0.05, 0) is 43.8 Å². The number of nitrogens with one attached hydrogen (secondary N) is 1. The van der Waals surface area contributed by atoms with Crippen molar-refractivity contribution < 1.29 is 14.3 Å². The zero-order valence-electron chi connectivity index (χ0n) is 23.7. The molecule has 1 amide bonds. The number of ether oxygens (including phenoxy) is 2. The average molecular weight is 584 g/mol. The predicted octanol–water partition coefficient (Wildman–Crippen LogP) is 4.77. The second-order valence-corrected chi connectivity index (χ2v) is 11.4. The van der Waals surface area contributed by atoms with Gasteiger partial charge in [0.05, 0.1) is 29.5 Å². The molecular weight excluding hydrogens is 550 g/mol. The number of hydrogen-bond acceptors (Lipinski definition) is 10. The Hall–Kier alpha value is -4.32. The molecule has 0 bridgehead atoms. The number of thiazole rings is 1. The third-order valence-electron chi connectivity index (χ3n) is 7.47. The van der Waals surface area contributed by atoms with E-state index in [4.69, 9.17) is 20.2 Å². The summed E-state index contributed by atoms with van der Waals surface area (Å²) < 4.78 is 12.8. The monoisotopic (exact) mass is 583 g/mol. The van der Waals surface area contributed by atoms with Crippen molar-refractivity contribution in [2.45, 2.75) is 6.42 Å². The molecule has 3 heterocycles. The number of anilines is 2. The van der Waals surface area contributed by atoms with E-state index in [1.54, 1.807) is 19.2 Å². The molecule has 6 rings (SSSR count). The SMILES string of the molecule is COc1cc2ncnc(Nc3ccc4nc(-c5ccccc5C(N)=O)sc4c3)c2cc1OCCCN1CCN(C)CC1. The molecule has 3 N–H and O–H groups in total. The van der Waals surface area contributed by atoms with Crippen LogP contribution in [-0.2, 0) is 0 Å². The Morgan fingerprint density at radius 1 is 1.02 bits per heavy atom. The van der Waals surface area contributed by atoms with Crippen molar-refractivity contribution in [2.75, 3.05) is 58.8 Å². The normalized spacial score (nSPS) is 14.3. The van der Waals surface area contributed by atoms with E-state index in [-0.39, 0.29) is 0 Å². The minimum absolute atomic E-state index is 0.454. The first kappa shape index (κ1) is 27.8. The van der Waals surface area contributed by atoms with Crippen LogP contribution in [0.2, 0.25) is 0 Å². The lowest BCUT2D eigenvalue weighted by Gasteiger charge is -2.32. The highest BCUT2D eigenvalue weighted by Gasteiger charge is 2.16. The lowest BCUT2D eigenvalue weighted by Crippen LogP contribution is -2.44. The molecule has 1 aliphatic rings. The summed E-state index contributed by atoms with van der Waals surface area (Å²) in [6.07, 6.45) is 2.47. The smallest absolute Gasteiger partial charge is 0.249 e. The fourth-order valence-electron chi connectivity index (χ4n) is 5.12. The van der Waals surface area contributed by atoms with Crippen molar-refractivity contribution in [1.29, 1.82) is 0 Å². The van der Waals surface area contributed by atoms with Gasteiger partial charge in [-0.1, -0.05) is 18.2 Å². The summed E-state index contributed by atoms with van der Waals surface area (Å²) in [5, 5.41) is 5.01. The number of methoxy groups -OCH3 is 1. The first-order valence-corrected chi connectivity index (χ1v) is 14.7. The number of piperazine rings is 1. The van der Waals surface area contributed by atoms with Crippen molar-refractivity contribution in [2.24, 2.45) is 5.73 Å². The largest absolute Gasteiger partial charge is 0.493 e. The summed E-state index contributed by atoms with van der Waals surface area (Å²) in [5.41, 5.74) is 9.22. The lowest BCUT2D eigenvalue weighted by molar-refractivity contribution is 0.100. The fraction of sp³-hybridized carbons (Fsp3) is 0.290. The molecule has 0 spiro atoms. The molecule has 1 aliphatic heterocycles. The quantitative estimate of drug-likeness (QED) is 0.224. The molecule has 1 saturated heterocycles. The fourth-order valence-corrected chi connectivity index (χ4v) is 6.16. The number of aromatic nitrogens is 3. The number of fused-ring (bicyclic) bond motifs is 2. The van der Waals surface area contributed by atoms with E-state index in [9.17, 15) is 4.79 Å². The maximum atomic E-state index is 11.9. The molecule has 42 heavy (non-hydrogen) atoms. The minimum atomic E-state index is -0.474. The van der Waals surface area contributed by atoms with E-state index in [0.29, 0.717) is 29.5 Å². The van der Waals surface area contributed by atoms with Gasteiger partial charge in [0.1, 0.15) is 17.2 Å². The van der Waals surface area contributed by atoms with Gasteiger partial charge in [0.2, 0.25) is 5.91 Å². The predicted molar refractivity (Wildman–Crippen MR) is 167 cm³/mol. The van der Waals surface area contributed by atoms with Crippen LogP contribution in [0.4, 0.5) is 11.5 Å². The molecule has 3 aromatic carbocycles. The highest BCUT2D eigenvalue weighted by Crippen LogP contribution is 2.37. The van der Waals surface area contributed by atoms with Gasteiger partial charge < -0.3 is 30.3 Å². The molecule has 0 saturated carbocycles. The molecule has 10 nitrogen and oxygen atoms in total. The number of nitrogens with zero attached hydrogens (tertiary/aromatic N) is 5. The first-order valence-electron chi connectivity index (χ1n) is 13.9. The number of carbonyl (C=O) groups excluding carboxylic acids is 1. The van der Waals surface area contributed by atoms with Crippen molar-refractivity contribution >= 4 is 49.9 Å². The van der Waals surface area contributed by atoms with Gasteiger partial charge in [0.25, 0.3) is 0 Å². The van der Waals surface area contributed by atoms with Gasteiger partial charge in [-0.15, -0.1) is 11.3 Å². The van der Waals surface area contributed by atoms with Crippen molar-refractivity contribution in [3.8, 4) is 22.1 Å². The van der Waals surface area contributed by atoms with Crippen LogP contribution in [0.1, 0.15) is 16.8 Å². The van der Waals surface area contributed by atoms with E-state index in [1.807, 2.05) is 42.5 Å². The number of rotatable bonds is 10. The van der Waals surface area contributed by atoms with Gasteiger partial charge >= 0.3 is 0 Å². The molecule has 0 aliphatic carbocycles. The molecule has 0 radical (unpaired) electrons. The molecule has 216 valence electrons. The summed E-state index contributed by atoms with van der Waals surface area (Å²) in [4.78, 5) is 30.5. The van der Waals surface area contributed by atoms with Crippen LogP contribution in [0.3, 0.4) is 0 Å². The van der Waals surface area contributed by atoms with E-state index in [0.717, 1.165) is 76.5 Å². The summed E-state index contributed by atoms with van der Waals surface area (Å²) >= 11 is 1.51. The molecule has 0 unspecified atom stereocenters. The average Bonchev–Trinajstić information content (AvgIpc) is 3.43. The molecule has 5 aromatic rings. The third-order valence-corrected chi connectivity index (χ3v) is 8.52. The molecular formula is C31H33N7O3S. The second kappa shape index (κ2) is 12.3. The van der Waals surface area contributed by atoms with Crippen molar-refractivity contribution in [1.82, 2.24) is 24.8 Å². The van der Waals surface area contributed by atoms with Crippen LogP contribution < -0.4 is 20.5 Å². The maximum Gasteiger partial charge on any atom is 0.249 e. The molecule has 2 aromatic heterocycles. The third kappa shape index (κ3) is 5.98. The van der Waals surface area contributed by atoms with Gasteiger partial charge in [-0.2, -0.15) is 0 Å². The number of likely N-dealkylation sites (N-methyl/N-ethyl adjacent to an activating group) is 1. The summed E-state index contributed by atoms with van der Waals surface area (Å²) in [6.45, 7) is 6.00. The summed E-state index contributed by atoms with van der Waals surface area (Å²) in [6, 6.07) is 17.0. The highest BCUT2D eigenvalue weighted by atomic mass is 32.1. The minimum Gasteiger partial charge on any atom is -0.493 e. The van der Waals surface area contributed by atoms with Gasteiger partial charge in [0.15, 0.2) is 11.5 Å². The van der Waals surface area contributed by atoms with E-state index < -0.39 is 5.91 Å². The van der Waals surface area contributed by atoms with E-state index in [2.05, 4.69) is 32.1 Å². The zero-order valence-corrected chi connectivity index (χ0v) is 24.5. The Kier molecular flexibility index (Phi) is 8.13. The molecule has 1 fully saturated rings. The number of hydrogen-bond donors (Lipinski definition) is 2. The standard InChI is InChI=1S/C31H33N7O3S/c1-37-11-13-38(14-12-37)10-5-15-41-27-17-23-25(18-26(27)40-2)33-19-34-30(23)35-20-8-9-24-28(16-20)42-31(36-24)22-7-4-3-6-21(22)29(32)39/h3-4,6-9,16-19H,5,10-15H2,1-2H3,(H2,32,39)(H,33,34,35). The van der Waals surface area contributed by atoms with Crippen molar-refractivity contribution in [3.63, 3.8) is 0 Å². The number of carbonyl (C=O) groups is 1. The lowest BCUT2D eigenvalue weighted by atomic mass is 10.1. The van der Waals surface area contributed by atoms with E-state index in [1.165, 1.54) is 17.7 Å². The van der Waals surface area contributed by atoms with Crippen LogP contribution in [-0.4, -0.2) is 84.1 Å². The van der Waals surface area contributed by atoms with Crippen LogP contribution in [0.5, 0.6) is 11.5 Å². The summed E-state index contributed by atoms with van der Waals surface area (Å²) in [7, 11) is 3.81. The van der Waals surface area contributed by atoms with Gasteiger partial charge in [0, 0.05) is 61.0 Å². The van der Waals surface area contributed by atoms with Crippen LogP contribution >= 0.6 is 11.3 Å². The highest BCUT2D eigenvalue weighted by molar-refractivity contribution is 7.21. The summed E-state index contributed by atoms with van der Waals surface area (Å²) in [5.74, 6) is 1.49. The second-order valence-electron chi connectivity index (χ2n) is 10.3. The van der Waals surface area contributed by atoms with Gasteiger partial charge in [-0.25, -0.2) is 15.0 Å². The Bertz CT molecular complexity index is 1730. The molecule has 0 atom stereocenters. The number of benzene rings is 3. The van der Waals surface area contributed by atoms with Crippen LogP contribution in [0, 0.1) is 0 Å². The topological polar surface area (TPSA) is 119 Å². The van der Waals surface area contributed by atoms with Crippen molar-refractivity contribution in [3.05, 3.63) is 66.5 Å². The van der Waals surface area contributed by atoms with Gasteiger partial charge in [-0.3, -0.25) is 4.79 Å². The maximum absolute atomic E-state index is 11.9. The van der Waals surface area contributed by atoms with Crippen LogP contribution in [0.25, 0.3) is 31.7 Å². The Balaban J connectivity index is 1.21. The zero-order chi connectivity index (χ0) is 29.1. The first-order chi connectivity index (χ1) is 20.5. The Labute approximate surface area is 248 Å². The number of nitrogens with two attached hydrogens (primary N) is 1.